The molecule has 132 valence electrons. The largest absolute Gasteiger partial charge is 0.492 e. The van der Waals surface area contributed by atoms with Gasteiger partial charge in [0.25, 0.3) is 0 Å². The molecule has 0 radical (unpaired) electrons. The molecule has 1 atom stereocenters. The number of carbonyl (C=O) groups is 1. The second-order valence-corrected chi connectivity index (χ2v) is 6.16. The molecule has 1 aliphatic heterocycles. The molecule has 0 unspecified atom stereocenters. The van der Waals surface area contributed by atoms with Gasteiger partial charge in [0.05, 0.1) is 0 Å². The van der Waals surface area contributed by atoms with E-state index in [1.165, 1.54) is 0 Å². The molecule has 0 saturated carbocycles. The number of fused-ring (bicyclic) bond motifs is 1. The minimum atomic E-state index is -0.287. The van der Waals surface area contributed by atoms with Gasteiger partial charge >= 0.3 is 0 Å². The summed E-state index contributed by atoms with van der Waals surface area (Å²) in [5.74, 6) is 2.00. The summed E-state index contributed by atoms with van der Waals surface area (Å²) in [4.78, 5) is 16.8. The Kier molecular flexibility index (Phi) is 4.31. The maximum Gasteiger partial charge on any atom is 0.235 e. The van der Waals surface area contributed by atoms with Crippen LogP contribution in [0.4, 0.5) is 5.69 Å². The summed E-state index contributed by atoms with van der Waals surface area (Å²) in [6.45, 7) is 0.765. The van der Waals surface area contributed by atoms with Crippen LogP contribution in [0.3, 0.4) is 0 Å². The lowest BCUT2D eigenvalue weighted by atomic mass is 10.0. The van der Waals surface area contributed by atoms with Crippen LogP contribution in [0.15, 0.2) is 60.9 Å². The number of amides is 1. The molecule has 0 fully saturated rings. The fourth-order valence-electron chi connectivity index (χ4n) is 2.93. The van der Waals surface area contributed by atoms with Gasteiger partial charge in [-0.3, -0.25) is 4.79 Å². The summed E-state index contributed by atoms with van der Waals surface area (Å²) in [5.41, 5.74) is 1.66. The minimum Gasteiger partial charge on any atom is -0.492 e. The third-order valence-electron chi connectivity index (χ3n) is 4.43. The Balaban J connectivity index is 1.37. The molecule has 0 spiro atoms. The number of aromatic nitrogens is 2. The standard InChI is InChI=1S/C20H19N3O3/c1-23-11-10-21-19(23)13-25-15-8-6-14(7-9-15)22-20(24)17-12-26-18-5-3-2-4-16(17)18/h2-11,17H,12-13H2,1H3,(H,22,24)/t17-/m1/s1. The molecule has 6 nitrogen and oxygen atoms in total. The Hall–Kier alpha value is -3.28. The van der Waals surface area contributed by atoms with E-state index in [0.717, 1.165) is 28.6 Å². The van der Waals surface area contributed by atoms with Gasteiger partial charge in [0.15, 0.2) is 0 Å². The van der Waals surface area contributed by atoms with Crippen molar-refractivity contribution in [2.45, 2.75) is 12.5 Å². The highest BCUT2D eigenvalue weighted by Gasteiger charge is 2.29. The lowest BCUT2D eigenvalue weighted by molar-refractivity contribution is -0.117. The molecule has 6 heteroatoms. The fraction of sp³-hybridized carbons (Fsp3) is 0.200. The number of para-hydroxylation sites is 1. The van der Waals surface area contributed by atoms with Gasteiger partial charge in [0.1, 0.15) is 36.5 Å². The van der Waals surface area contributed by atoms with Gasteiger partial charge in [-0.1, -0.05) is 18.2 Å². The van der Waals surface area contributed by atoms with Crippen LogP contribution in [0.2, 0.25) is 0 Å². The fourth-order valence-corrected chi connectivity index (χ4v) is 2.93. The number of carbonyl (C=O) groups excluding carboxylic acids is 1. The molecule has 2 aromatic carbocycles. The van der Waals surface area contributed by atoms with Crippen LogP contribution in [0, 0.1) is 0 Å². The van der Waals surface area contributed by atoms with Crippen molar-refractivity contribution < 1.29 is 14.3 Å². The zero-order valence-electron chi connectivity index (χ0n) is 14.4. The number of nitrogens with zero attached hydrogens (tertiary/aromatic N) is 2. The normalized spacial score (nSPS) is 15.2. The van der Waals surface area contributed by atoms with E-state index in [2.05, 4.69) is 10.3 Å². The monoisotopic (exact) mass is 349 g/mol. The van der Waals surface area contributed by atoms with Crippen molar-refractivity contribution in [1.82, 2.24) is 9.55 Å². The molecule has 3 aromatic rings. The first kappa shape index (κ1) is 16.2. The van der Waals surface area contributed by atoms with Gasteiger partial charge < -0.3 is 19.4 Å². The van der Waals surface area contributed by atoms with E-state index in [1.807, 2.05) is 66.3 Å². The Morgan fingerprint density at radius 3 is 2.85 bits per heavy atom. The van der Waals surface area contributed by atoms with E-state index in [-0.39, 0.29) is 11.8 Å². The summed E-state index contributed by atoms with van der Waals surface area (Å²) < 4.78 is 13.2. The second kappa shape index (κ2) is 6.92. The predicted octanol–water partition coefficient (Wildman–Crippen LogP) is 3.11. The highest BCUT2D eigenvalue weighted by molar-refractivity contribution is 5.96. The lowest BCUT2D eigenvalue weighted by Gasteiger charge is -2.11. The number of ether oxygens (including phenoxy) is 2. The molecule has 1 amide bonds. The van der Waals surface area contributed by atoms with E-state index in [9.17, 15) is 4.79 Å². The molecule has 0 aliphatic carbocycles. The SMILES string of the molecule is Cn1ccnc1COc1ccc(NC(=O)[C@@H]2COc3ccccc32)cc1. The first-order chi connectivity index (χ1) is 12.7. The number of aryl methyl sites for hydroxylation is 1. The van der Waals surface area contributed by atoms with Crippen LogP contribution in [0.1, 0.15) is 17.3 Å². The minimum absolute atomic E-state index is 0.0726. The number of benzene rings is 2. The molecule has 1 aliphatic rings. The molecule has 2 heterocycles. The van der Waals surface area contributed by atoms with Crippen LogP contribution in [0.5, 0.6) is 11.5 Å². The maximum atomic E-state index is 12.5. The van der Waals surface area contributed by atoms with Gasteiger partial charge in [-0.25, -0.2) is 4.98 Å². The molecule has 1 N–H and O–H groups in total. The van der Waals surface area contributed by atoms with Crippen molar-refractivity contribution in [2.24, 2.45) is 7.05 Å². The molecule has 0 bridgehead atoms. The summed E-state index contributed by atoms with van der Waals surface area (Å²) in [6, 6.07) is 15.0. The topological polar surface area (TPSA) is 65.4 Å². The summed E-state index contributed by atoms with van der Waals surface area (Å²) >= 11 is 0. The van der Waals surface area contributed by atoms with Crippen molar-refractivity contribution in [3.8, 4) is 11.5 Å². The highest BCUT2D eigenvalue weighted by Crippen LogP contribution is 2.34. The Bertz CT molecular complexity index is 918. The lowest BCUT2D eigenvalue weighted by Crippen LogP contribution is -2.22. The van der Waals surface area contributed by atoms with Crippen molar-refractivity contribution in [3.05, 3.63) is 72.3 Å². The first-order valence-corrected chi connectivity index (χ1v) is 8.42. The number of nitrogens with one attached hydrogen (secondary N) is 1. The molecular formula is C20H19N3O3. The van der Waals surface area contributed by atoms with E-state index in [0.29, 0.717) is 13.2 Å². The maximum absolute atomic E-state index is 12.5. The average Bonchev–Trinajstić information content (AvgIpc) is 3.27. The summed E-state index contributed by atoms with van der Waals surface area (Å²) in [6.07, 6.45) is 3.62. The molecule has 26 heavy (non-hydrogen) atoms. The zero-order chi connectivity index (χ0) is 17.9. The van der Waals surface area contributed by atoms with Crippen molar-refractivity contribution in [3.63, 3.8) is 0 Å². The second-order valence-electron chi connectivity index (χ2n) is 6.16. The van der Waals surface area contributed by atoms with Crippen LogP contribution < -0.4 is 14.8 Å². The average molecular weight is 349 g/mol. The van der Waals surface area contributed by atoms with E-state index in [4.69, 9.17) is 9.47 Å². The smallest absolute Gasteiger partial charge is 0.235 e. The third-order valence-corrected chi connectivity index (χ3v) is 4.43. The quantitative estimate of drug-likeness (QED) is 0.769. The molecular weight excluding hydrogens is 330 g/mol. The number of imidazole rings is 1. The van der Waals surface area contributed by atoms with Gasteiger partial charge in [-0.15, -0.1) is 0 Å². The van der Waals surface area contributed by atoms with Crippen molar-refractivity contribution in [1.29, 1.82) is 0 Å². The van der Waals surface area contributed by atoms with E-state index >= 15 is 0 Å². The van der Waals surface area contributed by atoms with Crippen LogP contribution in [-0.2, 0) is 18.4 Å². The third kappa shape index (κ3) is 3.26. The van der Waals surface area contributed by atoms with E-state index < -0.39 is 0 Å². The van der Waals surface area contributed by atoms with Crippen molar-refractivity contribution in [2.75, 3.05) is 11.9 Å². The summed E-state index contributed by atoms with van der Waals surface area (Å²) in [7, 11) is 1.93. The van der Waals surface area contributed by atoms with Gasteiger partial charge in [-0.05, 0) is 30.3 Å². The number of anilines is 1. The number of rotatable bonds is 5. The van der Waals surface area contributed by atoms with Crippen LogP contribution >= 0.6 is 0 Å². The Morgan fingerprint density at radius 1 is 1.27 bits per heavy atom. The van der Waals surface area contributed by atoms with Crippen LogP contribution in [0.25, 0.3) is 0 Å². The Labute approximate surface area is 151 Å². The molecule has 0 saturated heterocycles. The predicted molar refractivity (Wildman–Crippen MR) is 97.3 cm³/mol. The van der Waals surface area contributed by atoms with E-state index in [1.54, 1.807) is 6.20 Å². The zero-order valence-corrected chi connectivity index (χ0v) is 14.4. The summed E-state index contributed by atoms with van der Waals surface area (Å²) in [5, 5.41) is 2.94. The first-order valence-electron chi connectivity index (χ1n) is 8.42. The number of hydrogen-bond donors (Lipinski definition) is 1. The highest BCUT2D eigenvalue weighted by atomic mass is 16.5. The molecule has 1 aromatic heterocycles. The molecule has 4 rings (SSSR count). The van der Waals surface area contributed by atoms with Gasteiger partial charge in [0.2, 0.25) is 5.91 Å². The van der Waals surface area contributed by atoms with Crippen molar-refractivity contribution >= 4 is 11.6 Å². The van der Waals surface area contributed by atoms with Gasteiger partial charge in [-0.2, -0.15) is 0 Å². The number of hydrogen-bond acceptors (Lipinski definition) is 4. The Morgan fingerprint density at radius 2 is 2.08 bits per heavy atom. The van der Waals surface area contributed by atoms with Gasteiger partial charge in [0, 0.05) is 30.7 Å². The van der Waals surface area contributed by atoms with Crippen LogP contribution in [-0.4, -0.2) is 22.1 Å².